The summed E-state index contributed by atoms with van der Waals surface area (Å²) < 4.78 is 0. The van der Waals surface area contributed by atoms with Gasteiger partial charge in [-0.25, -0.2) is 0 Å². The summed E-state index contributed by atoms with van der Waals surface area (Å²) >= 11 is 3.56. The molecule has 2 unspecified atom stereocenters. The zero-order valence-electron chi connectivity index (χ0n) is 11.6. The first-order chi connectivity index (χ1) is 9.27. The molecule has 1 N–H and O–H groups in total. The molecular formula is C14H22N2OS2. The number of carbonyl (C=O) groups is 1. The Morgan fingerprint density at radius 2 is 2.32 bits per heavy atom. The summed E-state index contributed by atoms with van der Waals surface area (Å²) in [7, 11) is 0. The average Bonchev–Trinajstić information content (AvgIpc) is 3.03. The molecular weight excluding hydrogens is 276 g/mol. The summed E-state index contributed by atoms with van der Waals surface area (Å²) in [5.74, 6) is 1.44. The maximum atomic E-state index is 12.4. The van der Waals surface area contributed by atoms with Crippen molar-refractivity contribution >= 4 is 29.0 Å². The van der Waals surface area contributed by atoms with Gasteiger partial charge in [0, 0.05) is 6.54 Å². The number of thiophene rings is 1. The highest BCUT2D eigenvalue weighted by molar-refractivity contribution is 7.98. The Morgan fingerprint density at radius 3 is 2.95 bits per heavy atom. The summed E-state index contributed by atoms with van der Waals surface area (Å²) in [6.45, 7) is 2.93. The fourth-order valence-electron chi connectivity index (χ4n) is 2.45. The third-order valence-electron chi connectivity index (χ3n) is 3.52. The molecule has 1 amide bonds. The van der Waals surface area contributed by atoms with Crippen molar-refractivity contribution in [2.75, 3.05) is 18.6 Å². The van der Waals surface area contributed by atoms with Gasteiger partial charge in [0.2, 0.25) is 5.91 Å². The predicted octanol–water partition coefficient (Wildman–Crippen LogP) is 3.10. The Hall–Kier alpha value is -0.520. The molecule has 0 bridgehead atoms. The van der Waals surface area contributed by atoms with Gasteiger partial charge in [0.15, 0.2) is 0 Å². The van der Waals surface area contributed by atoms with Crippen molar-refractivity contribution in [2.24, 2.45) is 0 Å². The highest BCUT2D eigenvalue weighted by Crippen LogP contribution is 2.28. The zero-order chi connectivity index (χ0) is 13.7. The first kappa shape index (κ1) is 14.9. The van der Waals surface area contributed by atoms with Crippen LogP contribution < -0.4 is 5.32 Å². The lowest BCUT2D eigenvalue weighted by Crippen LogP contribution is -2.31. The lowest BCUT2D eigenvalue weighted by Gasteiger charge is -2.23. The Bertz CT molecular complexity index is 394. The number of rotatable bonds is 7. The van der Waals surface area contributed by atoms with Crippen LogP contribution in [-0.2, 0) is 4.79 Å². The van der Waals surface area contributed by atoms with Crippen LogP contribution in [0, 0.1) is 0 Å². The molecule has 2 atom stereocenters. The summed E-state index contributed by atoms with van der Waals surface area (Å²) in [6.07, 6.45) is 5.34. The zero-order valence-corrected chi connectivity index (χ0v) is 13.2. The van der Waals surface area contributed by atoms with Crippen LogP contribution in [0.25, 0.3) is 0 Å². The van der Waals surface area contributed by atoms with Gasteiger partial charge in [0.05, 0.1) is 6.04 Å². The molecule has 0 radical (unpaired) electrons. The highest BCUT2D eigenvalue weighted by atomic mass is 32.2. The van der Waals surface area contributed by atoms with Crippen molar-refractivity contribution in [1.29, 1.82) is 0 Å². The largest absolute Gasteiger partial charge is 0.322 e. The number of nitrogens with zero attached hydrogens (tertiary/aromatic N) is 1. The standard InChI is InChI=1S/C14H22N2OS2/c1-3-12-14(17)16(7-4-5-8-18-2)13(15-12)11-6-9-19-10-11/h6,9-10,12-13,15H,3-5,7-8H2,1-2H3. The molecule has 1 aromatic rings. The molecule has 0 saturated carbocycles. The molecule has 1 aliphatic heterocycles. The lowest BCUT2D eigenvalue weighted by atomic mass is 10.2. The smallest absolute Gasteiger partial charge is 0.241 e. The first-order valence-corrected chi connectivity index (χ1v) is 9.19. The molecule has 1 aromatic heterocycles. The second-order valence-electron chi connectivity index (χ2n) is 4.82. The van der Waals surface area contributed by atoms with Crippen LogP contribution in [0.4, 0.5) is 0 Å². The number of nitrogens with one attached hydrogen (secondary N) is 1. The molecule has 5 heteroatoms. The monoisotopic (exact) mass is 298 g/mol. The number of amides is 1. The van der Waals surface area contributed by atoms with Crippen LogP contribution in [0.5, 0.6) is 0 Å². The van der Waals surface area contributed by atoms with Gasteiger partial charge in [-0.2, -0.15) is 23.1 Å². The summed E-state index contributed by atoms with van der Waals surface area (Å²) in [5, 5.41) is 7.67. The summed E-state index contributed by atoms with van der Waals surface area (Å²) in [6, 6.07) is 2.10. The van der Waals surface area contributed by atoms with Crippen LogP contribution in [0.1, 0.15) is 37.9 Å². The van der Waals surface area contributed by atoms with Gasteiger partial charge in [-0.1, -0.05) is 6.92 Å². The van der Waals surface area contributed by atoms with E-state index in [0.717, 1.165) is 19.4 Å². The molecule has 0 aliphatic carbocycles. The highest BCUT2D eigenvalue weighted by Gasteiger charge is 2.38. The Balaban J connectivity index is 2.00. The molecule has 19 heavy (non-hydrogen) atoms. The van der Waals surface area contributed by atoms with E-state index in [-0.39, 0.29) is 18.1 Å². The number of thioether (sulfide) groups is 1. The summed E-state index contributed by atoms with van der Waals surface area (Å²) in [4.78, 5) is 14.4. The van der Waals surface area contributed by atoms with E-state index >= 15 is 0 Å². The first-order valence-electron chi connectivity index (χ1n) is 6.85. The van der Waals surface area contributed by atoms with Crippen LogP contribution in [0.2, 0.25) is 0 Å². The number of hydrogen-bond acceptors (Lipinski definition) is 4. The van der Waals surface area contributed by atoms with Crippen LogP contribution >= 0.6 is 23.1 Å². The van der Waals surface area contributed by atoms with Gasteiger partial charge in [0.1, 0.15) is 6.17 Å². The van der Waals surface area contributed by atoms with Crippen molar-refractivity contribution < 1.29 is 4.79 Å². The Kier molecular flexibility index (Phi) is 5.73. The molecule has 2 heterocycles. The van der Waals surface area contributed by atoms with E-state index in [1.165, 1.54) is 17.7 Å². The van der Waals surface area contributed by atoms with Crippen LogP contribution in [0.15, 0.2) is 16.8 Å². The van der Waals surface area contributed by atoms with E-state index in [4.69, 9.17) is 0 Å². The van der Waals surface area contributed by atoms with Crippen molar-refractivity contribution in [2.45, 2.75) is 38.4 Å². The van der Waals surface area contributed by atoms with Crippen molar-refractivity contribution in [1.82, 2.24) is 10.2 Å². The molecule has 1 aliphatic rings. The van der Waals surface area contributed by atoms with Crippen LogP contribution in [0.3, 0.4) is 0 Å². The van der Waals surface area contributed by atoms with Gasteiger partial charge in [-0.15, -0.1) is 0 Å². The minimum Gasteiger partial charge on any atom is -0.322 e. The Morgan fingerprint density at radius 1 is 1.47 bits per heavy atom. The molecule has 0 spiro atoms. The van der Waals surface area contributed by atoms with E-state index < -0.39 is 0 Å². The molecule has 1 saturated heterocycles. The quantitative estimate of drug-likeness (QED) is 0.785. The third kappa shape index (κ3) is 3.52. The van der Waals surface area contributed by atoms with Crippen LogP contribution in [-0.4, -0.2) is 35.4 Å². The summed E-state index contributed by atoms with van der Waals surface area (Å²) in [5.41, 5.74) is 1.22. The molecule has 106 valence electrons. The van der Waals surface area contributed by atoms with E-state index in [9.17, 15) is 4.79 Å². The lowest BCUT2D eigenvalue weighted by molar-refractivity contribution is -0.130. The molecule has 3 nitrogen and oxygen atoms in total. The maximum absolute atomic E-state index is 12.4. The van der Waals surface area contributed by atoms with Crippen molar-refractivity contribution in [3.05, 3.63) is 22.4 Å². The molecule has 0 aromatic carbocycles. The average molecular weight is 298 g/mol. The Labute approximate surface area is 123 Å². The van der Waals surface area contributed by atoms with Crippen molar-refractivity contribution in [3.8, 4) is 0 Å². The molecule has 2 rings (SSSR count). The normalized spacial score (nSPS) is 23.3. The van der Waals surface area contributed by atoms with E-state index in [1.54, 1.807) is 11.3 Å². The number of carbonyl (C=O) groups excluding carboxylic acids is 1. The van der Waals surface area contributed by atoms with Gasteiger partial charge in [-0.3, -0.25) is 10.1 Å². The van der Waals surface area contributed by atoms with Gasteiger partial charge in [0.25, 0.3) is 0 Å². The molecule has 1 fully saturated rings. The topological polar surface area (TPSA) is 32.3 Å². The SMILES string of the molecule is CCC1NC(c2ccsc2)N(CCCCSC)C1=O. The number of hydrogen-bond donors (Lipinski definition) is 1. The second kappa shape index (κ2) is 7.31. The second-order valence-corrected chi connectivity index (χ2v) is 6.58. The van der Waals surface area contributed by atoms with Crippen molar-refractivity contribution in [3.63, 3.8) is 0 Å². The third-order valence-corrected chi connectivity index (χ3v) is 4.91. The fraction of sp³-hybridized carbons (Fsp3) is 0.643. The minimum absolute atomic E-state index is 0.00884. The van der Waals surface area contributed by atoms with Gasteiger partial charge >= 0.3 is 0 Å². The maximum Gasteiger partial charge on any atom is 0.241 e. The van der Waals surface area contributed by atoms with Gasteiger partial charge < -0.3 is 4.90 Å². The minimum atomic E-state index is -0.00884. The fourth-order valence-corrected chi connectivity index (χ4v) is 3.62. The van der Waals surface area contributed by atoms with E-state index in [0.29, 0.717) is 0 Å². The van der Waals surface area contributed by atoms with E-state index in [2.05, 4.69) is 35.3 Å². The predicted molar refractivity (Wildman–Crippen MR) is 83.6 cm³/mol. The number of unbranched alkanes of at least 4 members (excludes halogenated alkanes) is 1. The van der Waals surface area contributed by atoms with Gasteiger partial charge in [-0.05, 0) is 53.7 Å². The van der Waals surface area contributed by atoms with E-state index in [1.807, 2.05) is 16.7 Å².